The number of imidazole rings is 1. The fourth-order valence-electron chi connectivity index (χ4n) is 3.08. The van der Waals surface area contributed by atoms with E-state index in [0.29, 0.717) is 17.1 Å². The number of fused-ring (bicyclic) bond motifs is 1. The molecule has 0 saturated heterocycles. The van der Waals surface area contributed by atoms with Crippen molar-refractivity contribution in [2.45, 2.75) is 13.5 Å². The monoisotopic (exact) mass is 350 g/mol. The molecule has 124 valence electrons. The van der Waals surface area contributed by atoms with E-state index in [0.717, 1.165) is 28.0 Å². The second kappa shape index (κ2) is 6.34. The largest absolute Gasteiger partial charge is 0.319 e. The fraction of sp³-hybridized carbons (Fsp3) is 0.0952. The Hall–Kier alpha value is -2.65. The highest BCUT2D eigenvalue weighted by Crippen LogP contribution is 2.28. The first-order chi connectivity index (χ1) is 12.1. The van der Waals surface area contributed by atoms with Crippen LogP contribution in [-0.4, -0.2) is 9.55 Å². The first-order valence-corrected chi connectivity index (χ1v) is 8.46. The minimum atomic E-state index is -0.305. The number of hydrogen-bond donors (Lipinski definition) is 0. The van der Waals surface area contributed by atoms with Crippen molar-refractivity contribution in [3.05, 3.63) is 88.7 Å². The van der Waals surface area contributed by atoms with E-state index in [1.165, 1.54) is 6.07 Å². The summed E-state index contributed by atoms with van der Waals surface area (Å²) in [6.45, 7) is 2.37. The smallest absolute Gasteiger partial charge is 0.141 e. The van der Waals surface area contributed by atoms with E-state index in [-0.39, 0.29) is 5.82 Å². The maximum absolute atomic E-state index is 14.3. The number of aryl methyl sites for hydroxylation is 1. The van der Waals surface area contributed by atoms with Crippen LogP contribution in [-0.2, 0) is 6.54 Å². The molecular weight excluding hydrogens is 335 g/mol. The summed E-state index contributed by atoms with van der Waals surface area (Å²) >= 11 is 6.25. The predicted molar refractivity (Wildman–Crippen MR) is 100 cm³/mol. The molecule has 4 heteroatoms. The van der Waals surface area contributed by atoms with Crippen LogP contribution < -0.4 is 0 Å². The van der Waals surface area contributed by atoms with Gasteiger partial charge >= 0.3 is 0 Å². The van der Waals surface area contributed by atoms with Gasteiger partial charge < -0.3 is 4.57 Å². The summed E-state index contributed by atoms with van der Waals surface area (Å²) in [5.41, 5.74) is 4.47. The van der Waals surface area contributed by atoms with E-state index in [1.807, 2.05) is 54.0 Å². The molecule has 0 spiro atoms. The van der Waals surface area contributed by atoms with Gasteiger partial charge in [-0.2, -0.15) is 0 Å². The lowest BCUT2D eigenvalue weighted by atomic mass is 10.1. The molecule has 4 rings (SSSR count). The maximum atomic E-state index is 14.3. The van der Waals surface area contributed by atoms with E-state index in [4.69, 9.17) is 16.6 Å². The van der Waals surface area contributed by atoms with Crippen LogP contribution in [0, 0.1) is 12.7 Å². The minimum Gasteiger partial charge on any atom is -0.319 e. The van der Waals surface area contributed by atoms with E-state index in [9.17, 15) is 4.39 Å². The lowest BCUT2D eigenvalue weighted by Gasteiger charge is -2.12. The summed E-state index contributed by atoms with van der Waals surface area (Å²) < 4.78 is 16.3. The van der Waals surface area contributed by atoms with Crippen LogP contribution in [0.25, 0.3) is 22.4 Å². The Morgan fingerprint density at radius 1 is 1.00 bits per heavy atom. The Balaban J connectivity index is 1.94. The highest BCUT2D eigenvalue weighted by atomic mass is 35.5. The van der Waals surface area contributed by atoms with Gasteiger partial charge in [0.1, 0.15) is 11.6 Å². The Morgan fingerprint density at radius 2 is 1.80 bits per heavy atom. The number of aromatic nitrogens is 2. The number of hydrogen-bond acceptors (Lipinski definition) is 1. The predicted octanol–water partition coefficient (Wildman–Crippen LogP) is 5.85. The van der Waals surface area contributed by atoms with Crippen LogP contribution in [0.2, 0.25) is 5.02 Å². The molecule has 0 atom stereocenters. The van der Waals surface area contributed by atoms with Gasteiger partial charge in [-0.15, -0.1) is 0 Å². The van der Waals surface area contributed by atoms with Crippen LogP contribution in [0.5, 0.6) is 0 Å². The van der Waals surface area contributed by atoms with Gasteiger partial charge in [0.25, 0.3) is 0 Å². The van der Waals surface area contributed by atoms with Crippen molar-refractivity contribution < 1.29 is 4.39 Å². The van der Waals surface area contributed by atoms with Gasteiger partial charge in [0.15, 0.2) is 0 Å². The van der Waals surface area contributed by atoms with Gasteiger partial charge in [0.2, 0.25) is 0 Å². The first-order valence-electron chi connectivity index (χ1n) is 8.08. The standard InChI is InChI=1S/C21H16ClFN2/c1-14-6-4-7-15(12-14)21-24-19-10-2-3-11-20(19)25(21)13-16-17(22)8-5-9-18(16)23/h2-12H,13H2,1H3. The molecule has 1 heterocycles. The highest BCUT2D eigenvalue weighted by Gasteiger charge is 2.16. The normalized spacial score (nSPS) is 11.2. The summed E-state index contributed by atoms with van der Waals surface area (Å²) in [7, 11) is 0. The molecule has 1 aromatic heterocycles. The molecule has 0 fully saturated rings. The molecule has 0 unspecified atom stereocenters. The zero-order chi connectivity index (χ0) is 17.4. The van der Waals surface area contributed by atoms with Crippen molar-refractivity contribution in [3.63, 3.8) is 0 Å². The zero-order valence-electron chi connectivity index (χ0n) is 13.7. The molecule has 0 radical (unpaired) electrons. The van der Waals surface area contributed by atoms with Crippen molar-refractivity contribution in [3.8, 4) is 11.4 Å². The minimum absolute atomic E-state index is 0.305. The summed E-state index contributed by atoms with van der Waals surface area (Å²) in [5.74, 6) is 0.504. The molecule has 0 amide bonds. The number of benzene rings is 3. The summed E-state index contributed by atoms with van der Waals surface area (Å²) in [4.78, 5) is 4.78. The van der Waals surface area contributed by atoms with Gasteiger partial charge in [0.05, 0.1) is 17.6 Å². The molecule has 25 heavy (non-hydrogen) atoms. The Kier molecular flexibility index (Phi) is 4.02. The molecule has 2 nitrogen and oxygen atoms in total. The maximum Gasteiger partial charge on any atom is 0.141 e. The van der Waals surface area contributed by atoms with Gasteiger partial charge in [0, 0.05) is 16.1 Å². The molecule has 0 bridgehead atoms. The summed E-state index contributed by atoms with van der Waals surface area (Å²) in [6, 6.07) is 20.8. The Labute approximate surface area is 150 Å². The van der Waals surface area contributed by atoms with Crippen molar-refractivity contribution >= 4 is 22.6 Å². The number of rotatable bonds is 3. The molecule has 0 saturated carbocycles. The van der Waals surface area contributed by atoms with E-state index >= 15 is 0 Å². The Morgan fingerprint density at radius 3 is 2.60 bits per heavy atom. The zero-order valence-corrected chi connectivity index (χ0v) is 14.5. The van der Waals surface area contributed by atoms with Crippen LogP contribution in [0.3, 0.4) is 0 Å². The Bertz CT molecular complexity index is 1050. The van der Waals surface area contributed by atoms with Gasteiger partial charge in [-0.3, -0.25) is 0 Å². The third kappa shape index (κ3) is 2.92. The molecule has 4 aromatic rings. The van der Waals surface area contributed by atoms with E-state index in [1.54, 1.807) is 12.1 Å². The lowest BCUT2D eigenvalue weighted by Crippen LogP contribution is -2.05. The van der Waals surface area contributed by atoms with E-state index in [2.05, 4.69) is 6.07 Å². The van der Waals surface area contributed by atoms with Crippen molar-refractivity contribution in [1.82, 2.24) is 9.55 Å². The van der Waals surface area contributed by atoms with Crippen LogP contribution in [0.4, 0.5) is 4.39 Å². The molecule has 0 N–H and O–H groups in total. The third-order valence-corrected chi connectivity index (χ3v) is 4.66. The average Bonchev–Trinajstić information content (AvgIpc) is 2.97. The molecule has 3 aromatic carbocycles. The van der Waals surface area contributed by atoms with Crippen molar-refractivity contribution in [2.75, 3.05) is 0 Å². The second-order valence-corrected chi connectivity index (χ2v) is 6.49. The van der Waals surface area contributed by atoms with Crippen molar-refractivity contribution in [2.24, 2.45) is 0 Å². The lowest BCUT2D eigenvalue weighted by molar-refractivity contribution is 0.602. The molecular formula is C21H16ClFN2. The number of para-hydroxylation sites is 2. The number of halogens is 2. The SMILES string of the molecule is Cc1cccc(-c2nc3ccccc3n2Cc2c(F)cccc2Cl)c1. The molecule has 0 aliphatic carbocycles. The summed E-state index contributed by atoms with van der Waals surface area (Å²) in [6.07, 6.45) is 0. The molecule has 0 aliphatic heterocycles. The number of nitrogens with zero attached hydrogens (tertiary/aromatic N) is 2. The topological polar surface area (TPSA) is 17.8 Å². The van der Waals surface area contributed by atoms with Crippen LogP contribution >= 0.6 is 11.6 Å². The van der Waals surface area contributed by atoms with Crippen LogP contribution in [0.15, 0.2) is 66.7 Å². The van der Waals surface area contributed by atoms with Crippen LogP contribution in [0.1, 0.15) is 11.1 Å². The highest BCUT2D eigenvalue weighted by molar-refractivity contribution is 6.31. The van der Waals surface area contributed by atoms with E-state index < -0.39 is 0 Å². The summed E-state index contributed by atoms with van der Waals surface area (Å²) in [5, 5.41) is 0.424. The first kappa shape index (κ1) is 15.9. The second-order valence-electron chi connectivity index (χ2n) is 6.08. The van der Waals surface area contributed by atoms with Gasteiger partial charge in [-0.1, -0.05) is 53.6 Å². The van der Waals surface area contributed by atoms with Crippen molar-refractivity contribution in [1.29, 1.82) is 0 Å². The average molecular weight is 351 g/mol. The quantitative estimate of drug-likeness (QED) is 0.453. The fourth-order valence-corrected chi connectivity index (χ4v) is 3.30. The molecule has 0 aliphatic rings. The van der Waals surface area contributed by atoms with Gasteiger partial charge in [-0.05, 0) is 37.3 Å². The van der Waals surface area contributed by atoms with Gasteiger partial charge in [-0.25, -0.2) is 9.37 Å². The third-order valence-electron chi connectivity index (χ3n) is 4.31.